The van der Waals surface area contributed by atoms with Crippen LogP contribution < -0.4 is 0 Å². The Balaban J connectivity index is 0.000000791. The van der Waals surface area contributed by atoms with Gasteiger partial charge < -0.3 is 4.90 Å². The Bertz CT molecular complexity index is 214. The van der Waals surface area contributed by atoms with Gasteiger partial charge in [-0.05, 0) is 13.0 Å². The molecule has 0 radical (unpaired) electrons. The van der Waals surface area contributed by atoms with Gasteiger partial charge in [0.2, 0.25) is 0 Å². The number of halogens is 2. The van der Waals surface area contributed by atoms with Crippen molar-refractivity contribution >= 4 is 5.78 Å². The quantitative estimate of drug-likeness (QED) is 0.645. The van der Waals surface area contributed by atoms with Gasteiger partial charge in [-0.15, -0.1) is 0 Å². The highest BCUT2D eigenvalue weighted by atomic mass is 19.3. The highest BCUT2D eigenvalue weighted by molar-refractivity contribution is 5.87. The summed E-state index contributed by atoms with van der Waals surface area (Å²) in [6, 6.07) is 0. The summed E-state index contributed by atoms with van der Waals surface area (Å²) in [5.41, 5.74) is 0. The number of likely N-dealkylation sites (tertiary alicyclic amines) is 1. The number of rotatable bonds is 2. The number of carbonyl (C=O) groups is 1. The minimum Gasteiger partial charge on any atom is -0.371 e. The number of hydrogen-bond acceptors (Lipinski definition) is 2. The number of nitrogens with zero attached hydrogens (tertiary/aromatic N) is 1. The predicted molar refractivity (Wildman–Crippen MR) is 52.3 cm³/mol. The van der Waals surface area contributed by atoms with Gasteiger partial charge in [0.25, 0.3) is 5.92 Å². The Morgan fingerprint density at radius 2 is 2.00 bits per heavy atom. The second-order valence-corrected chi connectivity index (χ2v) is 3.00. The first-order valence-corrected chi connectivity index (χ1v) is 4.80. The van der Waals surface area contributed by atoms with Crippen LogP contribution in [0.5, 0.6) is 0 Å². The molecule has 0 bridgehead atoms. The van der Waals surface area contributed by atoms with Crippen LogP contribution in [0.1, 0.15) is 27.2 Å². The largest absolute Gasteiger partial charge is 0.371 e. The molecule has 0 N–H and O–H groups in total. The molecule has 0 amide bonds. The van der Waals surface area contributed by atoms with Gasteiger partial charge in [0.15, 0.2) is 5.78 Å². The summed E-state index contributed by atoms with van der Waals surface area (Å²) in [4.78, 5) is 11.9. The third-order valence-electron chi connectivity index (χ3n) is 1.72. The first kappa shape index (κ1) is 13.1. The lowest BCUT2D eigenvalue weighted by molar-refractivity contribution is -0.112. The van der Waals surface area contributed by atoms with Crippen LogP contribution in [0.4, 0.5) is 8.78 Å². The van der Waals surface area contributed by atoms with E-state index in [1.54, 1.807) is 0 Å². The van der Waals surface area contributed by atoms with Crippen LogP contribution in [-0.4, -0.2) is 29.7 Å². The minimum absolute atomic E-state index is 0.116. The average Bonchev–Trinajstić information content (AvgIpc) is 2.46. The van der Waals surface area contributed by atoms with Crippen molar-refractivity contribution in [3.63, 3.8) is 0 Å². The summed E-state index contributed by atoms with van der Waals surface area (Å²) >= 11 is 0. The van der Waals surface area contributed by atoms with Crippen LogP contribution >= 0.6 is 0 Å². The lowest BCUT2D eigenvalue weighted by Gasteiger charge is -2.11. The molecular weight excluding hydrogens is 188 g/mol. The maximum Gasteiger partial charge on any atom is 0.266 e. The maximum atomic E-state index is 12.6. The zero-order valence-corrected chi connectivity index (χ0v) is 8.89. The molecule has 82 valence electrons. The maximum absolute atomic E-state index is 12.6. The molecule has 0 unspecified atom stereocenters. The van der Waals surface area contributed by atoms with Gasteiger partial charge in [0, 0.05) is 19.2 Å². The molecule has 2 nitrogen and oxygen atoms in total. The first-order chi connectivity index (χ1) is 6.49. The monoisotopic (exact) mass is 205 g/mol. The second-order valence-electron chi connectivity index (χ2n) is 3.00. The SMILES string of the molecule is CC.CC(=O)/C=C/N1CCC(F)(F)C1. The van der Waals surface area contributed by atoms with E-state index in [1.165, 1.54) is 24.1 Å². The van der Waals surface area contributed by atoms with Crippen molar-refractivity contribution in [1.82, 2.24) is 4.90 Å². The van der Waals surface area contributed by atoms with E-state index in [9.17, 15) is 13.6 Å². The van der Waals surface area contributed by atoms with Gasteiger partial charge in [-0.2, -0.15) is 0 Å². The topological polar surface area (TPSA) is 20.3 Å². The average molecular weight is 205 g/mol. The molecule has 0 aromatic rings. The van der Waals surface area contributed by atoms with Crippen molar-refractivity contribution in [2.24, 2.45) is 0 Å². The number of ketones is 1. The molecule has 1 heterocycles. The fourth-order valence-corrected chi connectivity index (χ4v) is 1.10. The van der Waals surface area contributed by atoms with Crippen molar-refractivity contribution in [3.8, 4) is 0 Å². The van der Waals surface area contributed by atoms with E-state index in [-0.39, 0.29) is 18.7 Å². The number of carbonyl (C=O) groups excluding carboxylic acids is 1. The summed E-state index contributed by atoms with van der Waals surface area (Å²) in [6.45, 7) is 5.46. The Morgan fingerprint density at radius 3 is 2.36 bits per heavy atom. The van der Waals surface area contributed by atoms with Crippen molar-refractivity contribution in [2.75, 3.05) is 13.1 Å². The van der Waals surface area contributed by atoms with Gasteiger partial charge in [-0.3, -0.25) is 4.79 Å². The minimum atomic E-state index is -2.58. The van der Waals surface area contributed by atoms with E-state index in [0.29, 0.717) is 6.54 Å². The van der Waals surface area contributed by atoms with Crippen molar-refractivity contribution in [1.29, 1.82) is 0 Å². The van der Waals surface area contributed by atoms with E-state index < -0.39 is 5.92 Å². The van der Waals surface area contributed by atoms with Crippen molar-refractivity contribution < 1.29 is 13.6 Å². The second kappa shape index (κ2) is 5.73. The summed E-state index contributed by atoms with van der Waals surface area (Å²) in [7, 11) is 0. The molecule has 0 aromatic heterocycles. The molecule has 0 aromatic carbocycles. The fraction of sp³-hybridized carbons (Fsp3) is 0.700. The van der Waals surface area contributed by atoms with Gasteiger partial charge in [0.1, 0.15) is 0 Å². The van der Waals surface area contributed by atoms with Crippen LogP contribution in [-0.2, 0) is 4.79 Å². The molecule has 0 saturated carbocycles. The van der Waals surface area contributed by atoms with E-state index in [1.807, 2.05) is 13.8 Å². The lowest BCUT2D eigenvalue weighted by Crippen LogP contribution is -2.20. The van der Waals surface area contributed by atoms with Gasteiger partial charge in [-0.1, -0.05) is 13.8 Å². The van der Waals surface area contributed by atoms with Gasteiger partial charge in [0.05, 0.1) is 6.54 Å². The fourth-order valence-electron chi connectivity index (χ4n) is 1.10. The standard InChI is InChI=1S/C8H11F2NO.C2H6/c1-7(12)2-4-11-5-3-8(9,10)6-11;1-2/h2,4H,3,5-6H2,1H3;1-2H3/b4-2+;. The third-order valence-corrected chi connectivity index (χ3v) is 1.72. The zero-order valence-electron chi connectivity index (χ0n) is 8.89. The van der Waals surface area contributed by atoms with E-state index in [2.05, 4.69) is 0 Å². The molecule has 0 atom stereocenters. The zero-order chi connectivity index (χ0) is 11.2. The van der Waals surface area contributed by atoms with Crippen molar-refractivity contribution in [3.05, 3.63) is 12.3 Å². The Labute approximate surface area is 83.6 Å². The predicted octanol–water partition coefficient (Wildman–Crippen LogP) is 2.46. The Hall–Kier alpha value is -0.930. The molecule has 1 saturated heterocycles. The number of alkyl halides is 2. The highest BCUT2D eigenvalue weighted by Crippen LogP contribution is 2.26. The van der Waals surface area contributed by atoms with Gasteiger partial charge >= 0.3 is 0 Å². The molecular formula is C10H17F2NO. The summed E-state index contributed by atoms with van der Waals surface area (Å²) in [6.07, 6.45) is 2.62. The van der Waals surface area contributed by atoms with Gasteiger partial charge in [-0.25, -0.2) is 8.78 Å². The molecule has 1 aliphatic rings. The third kappa shape index (κ3) is 4.94. The van der Waals surface area contributed by atoms with Crippen LogP contribution in [0.3, 0.4) is 0 Å². The first-order valence-electron chi connectivity index (χ1n) is 4.80. The molecule has 4 heteroatoms. The molecule has 14 heavy (non-hydrogen) atoms. The summed E-state index contributed by atoms with van der Waals surface area (Å²) in [5, 5.41) is 0. The number of allylic oxidation sites excluding steroid dienone is 1. The Kier molecular flexibility index (Phi) is 5.35. The molecule has 0 aliphatic carbocycles. The van der Waals surface area contributed by atoms with Crippen LogP contribution in [0, 0.1) is 0 Å². The molecule has 1 aliphatic heterocycles. The summed E-state index contributed by atoms with van der Waals surface area (Å²) < 4.78 is 25.1. The van der Waals surface area contributed by atoms with Crippen LogP contribution in [0.25, 0.3) is 0 Å². The van der Waals surface area contributed by atoms with E-state index in [4.69, 9.17) is 0 Å². The normalized spacial score (nSPS) is 19.4. The van der Waals surface area contributed by atoms with Crippen LogP contribution in [0.2, 0.25) is 0 Å². The van der Waals surface area contributed by atoms with Crippen LogP contribution in [0.15, 0.2) is 12.3 Å². The van der Waals surface area contributed by atoms with E-state index >= 15 is 0 Å². The van der Waals surface area contributed by atoms with Crippen molar-refractivity contribution in [2.45, 2.75) is 33.1 Å². The molecule has 1 rings (SSSR count). The Morgan fingerprint density at radius 1 is 1.43 bits per heavy atom. The smallest absolute Gasteiger partial charge is 0.266 e. The van der Waals surface area contributed by atoms with E-state index in [0.717, 1.165) is 0 Å². The summed E-state index contributed by atoms with van der Waals surface area (Å²) in [5.74, 6) is -2.70. The molecule has 1 fully saturated rings. The molecule has 0 spiro atoms. The lowest BCUT2D eigenvalue weighted by atomic mass is 10.3. The number of hydrogen-bond donors (Lipinski definition) is 0. The highest BCUT2D eigenvalue weighted by Gasteiger charge is 2.36.